The van der Waals surface area contributed by atoms with Gasteiger partial charge in [0.15, 0.2) is 0 Å². The first-order valence-electron chi connectivity index (χ1n) is 5.69. The number of aliphatic hydroxyl groups is 1. The van der Waals surface area contributed by atoms with Crippen LogP contribution in [-0.2, 0) is 28.8 Å². The fraction of sp³-hybridized carbons (Fsp3) is 0.364. The molecule has 4 amide bonds. The zero-order valence-electron chi connectivity index (χ0n) is 10.1. The molecule has 106 valence electrons. The third-order valence-corrected chi connectivity index (χ3v) is 2.71. The summed E-state index contributed by atoms with van der Waals surface area (Å²) in [4.78, 5) is 61.7. The van der Waals surface area contributed by atoms with E-state index < -0.39 is 42.1 Å². The lowest BCUT2D eigenvalue weighted by molar-refractivity contribution is -0.199. The van der Waals surface area contributed by atoms with Gasteiger partial charge in [0.1, 0.15) is 6.10 Å². The van der Waals surface area contributed by atoms with E-state index in [1.54, 1.807) is 0 Å². The Balaban J connectivity index is 1.85. The molecule has 1 fully saturated rings. The van der Waals surface area contributed by atoms with Crippen LogP contribution in [0.25, 0.3) is 0 Å². The Bertz CT molecular complexity index is 521. The first kappa shape index (κ1) is 13.9. The average molecular weight is 282 g/mol. The van der Waals surface area contributed by atoms with Crippen molar-refractivity contribution in [2.45, 2.75) is 18.9 Å². The van der Waals surface area contributed by atoms with E-state index in [-0.39, 0.29) is 18.0 Å². The standard InChI is InChI=1S/C11H10N2O7/c14-6-5-9(17)13(11(6)19)20-10(18)3-4-12-7(15)1-2-8(12)16/h1-2,6,14H,3-5H2. The number of imide groups is 2. The molecule has 9 heteroatoms. The highest BCUT2D eigenvalue weighted by atomic mass is 16.7. The van der Waals surface area contributed by atoms with Crippen LogP contribution in [0.4, 0.5) is 0 Å². The average Bonchev–Trinajstić information content (AvgIpc) is 2.82. The summed E-state index contributed by atoms with van der Waals surface area (Å²) in [6.45, 7) is -0.220. The van der Waals surface area contributed by atoms with Crippen molar-refractivity contribution >= 4 is 29.6 Å². The summed E-state index contributed by atoms with van der Waals surface area (Å²) in [5.74, 6) is -3.91. The number of rotatable bonds is 4. The Labute approximate surface area is 112 Å². The molecule has 0 saturated carbocycles. The van der Waals surface area contributed by atoms with E-state index in [4.69, 9.17) is 5.11 Å². The van der Waals surface area contributed by atoms with Crippen LogP contribution in [0.5, 0.6) is 0 Å². The van der Waals surface area contributed by atoms with Crippen LogP contribution in [-0.4, -0.2) is 57.3 Å². The van der Waals surface area contributed by atoms with Crippen LogP contribution in [0.15, 0.2) is 12.2 Å². The second-order valence-corrected chi connectivity index (χ2v) is 4.12. The lowest BCUT2D eigenvalue weighted by Crippen LogP contribution is -2.36. The maximum absolute atomic E-state index is 11.4. The minimum absolute atomic E-state index is 0.193. The van der Waals surface area contributed by atoms with Crippen LogP contribution in [0.3, 0.4) is 0 Å². The molecular formula is C11H10N2O7. The molecule has 0 aromatic rings. The molecule has 1 saturated heterocycles. The van der Waals surface area contributed by atoms with Crippen molar-refractivity contribution in [3.8, 4) is 0 Å². The lowest BCUT2D eigenvalue weighted by Gasteiger charge is -2.15. The van der Waals surface area contributed by atoms with Crippen molar-refractivity contribution in [1.29, 1.82) is 0 Å². The summed E-state index contributed by atoms with van der Waals surface area (Å²) in [5, 5.41) is 9.31. The monoisotopic (exact) mass is 282 g/mol. The number of carbonyl (C=O) groups is 5. The van der Waals surface area contributed by atoms with Gasteiger partial charge in [-0.25, -0.2) is 4.79 Å². The number of nitrogens with zero attached hydrogens (tertiary/aromatic N) is 2. The molecule has 0 spiro atoms. The molecule has 0 aromatic heterocycles. The van der Waals surface area contributed by atoms with Gasteiger partial charge in [-0.1, -0.05) is 5.06 Å². The summed E-state index contributed by atoms with van der Waals surface area (Å²) in [7, 11) is 0. The van der Waals surface area contributed by atoms with Crippen molar-refractivity contribution < 1.29 is 33.9 Å². The van der Waals surface area contributed by atoms with Gasteiger partial charge in [-0.15, -0.1) is 0 Å². The first-order valence-corrected chi connectivity index (χ1v) is 5.69. The third kappa shape index (κ3) is 2.57. The van der Waals surface area contributed by atoms with Gasteiger partial charge in [-0.05, 0) is 0 Å². The topological polar surface area (TPSA) is 121 Å². The number of aliphatic hydroxyl groups excluding tert-OH is 1. The van der Waals surface area contributed by atoms with Crippen molar-refractivity contribution in [3.63, 3.8) is 0 Å². The number of hydrogen-bond acceptors (Lipinski definition) is 7. The zero-order chi connectivity index (χ0) is 14.9. The van der Waals surface area contributed by atoms with Gasteiger partial charge < -0.3 is 9.94 Å². The lowest BCUT2D eigenvalue weighted by atomic mass is 10.3. The fourth-order valence-corrected chi connectivity index (χ4v) is 1.69. The second-order valence-electron chi connectivity index (χ2n) is 4.12. The van der Waals surface area contributed by atoms with E-state index in [1.807, 2.05) is 0 Å². The van der Waals surface area contributed by atoms with Crippen LogP contribution in [0.1, 0.15) is 12.8 Å². The molecular weight excluding hydrogens is 272 g/mol. The normalized spacial score (nSPS) is 22.1. The summed E-state index contributed by atoms with van der Waals surface area (Å²) in [6.07, 6.45) is -0.193. The molecule has 0 bridgehead atoms. The Morgan fingerprint density at radius 2 is 1.85 bits per heavy atom. The molecule has 1 N–H and O–H groups in total. The second kappa shape index (κ2) is 5.21. The molecule has 0 aliphatic carbocycles. The summed E-state index contributed by atoms with van der Waals surface area (Å²) >= 11 is 0. The zero-order valence-corrected chi connectivity index (χ0v) is 10.1. The van der Waals surface area contributed by atoms with Crippen LogP contribution >= 0.6 is 0 Å². The summed E-state index contributed by atoms with van der Waals surface area (Å²) in [6, 6.07) is 0. The predicted octanol–water partition coefficient (Wildman–Crippen LogP) is -2.12. The Morgan fingerprint density at radius 3 is 2.35 bits per heavy atom. The molecule has 9 nitrogen and oxygen atoms in total. The molecule has 0 radical (unpaired) electrons. The molecule has 2 aliphatic heterocycles. The van der Waals surface area contributed by atoms with Gasteiger partial charge in [0, 0.05) is 18.7 Å². The van der Waals surface area contributed by atoms with Crippen molar-refractivity contribution in [1.82, 2.24) is 9.96 Å². The molecule has 2 aliphatic rings. The minimum atomic E-state index is -1.51. The maximum atomic E-state index is 11.4. The Kier molecular flexibility index (Phi) is 3.61. The first-order chi connectivity index (χ1) is 9.40. The van der Waals surface area contributed by atoms with Gasteiger partial charge in [0.25, 0.3) is 23.6 Å². The van der Waals surface area contributed by atoms with E-state index in [2.05, 4.69) is 4.84 Å². The van der Waals surface area contributed by atoms with Crippen LogP contribution in [0, 0.1) is 0 Å². The number of amides is 4. The van der Waals surface area contributed by atoms with E-state index in [9.17, 15) is 24.0 Å². The van der Waals surface area contributed by atoms with Gasteiger partial charge in [-0.2, -0.15) is 0 Å². The van der Waals surface area contributed by atoms with E-state index in [0.717, 1.165) is 17.1 Å². The molecule has 1 unspecified atom stereocenters. The fourth-order valence-electron chi connectivity index (χ4n) is 1.69. The SMILES string of the molecule is O=C(CCN1C(=O)C=CC1=O)ON1C(=O)CC(O)C1=O. The van der Waals surface area contributed by atoms with Crippen LogP contribution < -0.4 is 0 Å². The molecule has 1 atom stereocenters. The molecule has 2 heterocycles. The number of carbonyl (C=O) groups excluding carboxylic acids is 5. The summed E-state index contributed by atoms with van der Waals surface area (Å²) in [5.41, 5.74) is 0. The van der Waals surface area contributed by atoms with Crippen molar-refractivity contribution in [2.24, 2.45) is 0 Å². The van der Waals surface area contributed by atoms with Crippen molar-refractivity contribution in [3.05, 3.63) is 12.2 Å². The third-order valence-electron chi connectivity index (χ3n) is 2.71. The smallest absolute Gasteiger partial charge is 0.335 e. The van der Waals surface area contributed by atoms with Gasteiger partial charge >= 0.3 is 5.97 Å². The van der Waals surface area contributed by atoms with Gasteiger partial charge in [-0.3, -0.25) is 24.1 Å². The van der Waals surface area contributed by atoms with Gasteiger partial charge in [0.05, 0.1) is 12.8 Å². The van der Waals surface area contributed by atoms with Gasteiger partial charge in [0.2, 0.25) is 0 Å². The largest absolute Gasteiger partial charge is 0.383 e. The Hall–Kier alpha value is -2.55. The number of hydroxylamine groups is 2. The molecule has 20 heavy (non-hydrogen) atoms. The highest BCUT2D eigenvalue weighted by molar-refractivity contribution is 6.13. The molecule has 0 aromatic carbocycles. The molecule has 2 rings (SSSR count). The quantitative estimate of drug-likeness (QED) is 0.585. The summed E-state index contributed by atoms with van der Waals surface area (Å²) < 4.78 is 0. The maximum Gasteiger partial charge on any atom is 0.335 e. The van der Waals surface area contributed by atoms with Crippen LogP contribution in [0.2, 0.25) is 0 Å². The van der Waals surface area contributed by atoms with E-state index in [0.29, 0.717) is 0 Å². The highest BCUT2D eigenvalue weighted by Crippen LogP contribution is 2.14. The minimum Gasteiger partial charge on any atom is -0.383 e. The highest BCUT2D eigenvalue weighted by Gasteiger charge is 2.40. The van der Waals surface area contributed by atoms with Crippen molar-refractivity contribution in [2.75, 3.05) is 6.54 Å². The van der Waals surface area contributed by atoms with E-state index >= 15 is 0 Å². The Morgan fingerprint density at radius 1 is 1.25 bits per heavy atom. The number of hydrogen-bond donors (Lipinski definition) is 1. The van der Waals surface area contributed by atoms with E-state index in [1.165, 1.54) is 0 Å². The predicted molar refractivity (Wildman–Crippen MR) is 59.0 cm³/mol.